The zero-order chi connectivity index (χ0) is 21.3. The first kappa shape index (κ1) is 21.1. The fourth-order valence-corrected chi connectivity index (χ4v) is 5.21. The minimum absolute atomic E-state index is 0.0200. The predicted molar refractivity (Wildman–Crippen MR) is 116 cm³/mol. The van der Waals surface area contributed by atoms with Gasteiger partial charge in [0.1, 0.15) is 5.82 Å². The molecule has 7 nitrogen and oxygen atoms in total. The molecule has 2 amide bonds. The van der Waals surface area contributed by atoms with Crippen LogP contribution in [0.25, 0.3) is 0 Å². The van der Waals surface area contributed by atoms with Crippen LogP contribution in [0.4, 0.5) is 11.5 Å². The van der Waals surface area contributed by atoms with Crippen molar-refractivity contribution in [3.05, 3.63) is 18.3 Å². The third-order valence-electron chi connectivity index (χ3n) is 7.09. The van der Waals surface area contributed by atoms with Crippen molar-refractivity contribution in [2.45, 2.75) is 70.9 Å². The van der Waals surface area contributed by atoms with Gasteiger partial charge < -0.3 is 20.2 Å². The number of hydrogen-bond donors (Lipinski definition) is 2. The van der Waals surface area contributed by atoms with E-state index in [1.165, 1.54) is 0 Å². The lowest BCUT2D eigenvalue weighted by molar-refractivity contribution is -0.139. The van der Waals surface area contributed by atoms with Gasteiger partial charge in [-0.15, -0.1) is 0 Å². The van der Waals surface area contributed by atoms with Crippen LogP contribution < -0.4 is 10.2 Å². The standard InChI is InChI=1S/C23H34N4O3/c1-16(2)21(29)25-17-4-9-20(24-14-17)26-12-3-10-23(15-26)11-13-27(22(23)30)18-5-7-19(28)8-6-18/h4,9,14,16,18-19,28H,3,5-8,10-13,15H2,1-2H3,(H,25,29). The molecule has 1 aromatic heterocycles. The van der Waals surface area contributed by atoms with Crippen LogP contribution in [0.15, 0.2) is 18.3 Å². The van der Waals surface area contributed by atoms with Crippen molar-refractivity contribution in [2.75, 3.05) is 29.9 Å². The number of carbonyl (C=O) groups excluding carboxylic acids is 2. The summed E-state index contributed by atoms with van der Waals surface area (Å²) in [7, 11) is 0. The molecule has 1 aromatic rings. The Balaban J connectivity index is 1.42. The Labute approximate surface area is 178 Å². The summed E-state index contributed by atoms with van der Waals surface area (Å²) in [4.78, 5) is 34.2. The van der Waals surface area contributed by atoms with Crippen molar-refractivity contribution in [1.29, 1.82) is 0 Å². The van der Waals surface area contributed by atoms with Gasteiger partial charge >= 0.3 is 0 Å². The maximum Gasteiger partial charge on any atom is 0.230 e. The molecular weight excluding hydrogens is 380 g/mol. The van der Waals surface area contributed by atoms with Gasteiger partial charge in [-0.25, -0.2) is 4.98 Å². The lowest BCUT2D eigenvalue weighted by Crippen LogP contribution is -2.50. The van der Waals surface area contributed by atoms with Crippen LogP contribution in [0.3, 0.4) is 0 Å². The number of piperidine rings is 1. The first-order chi connectivity index (χ1) is 14.4. The number of likely N-dealkylation sites (tertiary alicyclic amines) is 1. The van der Waals surface area contributed by atoms with Crippen molar-refractivity contribution >= 4 is 23.3 Å². The number of rotatable bonds is 4. The van der Waals surface area contributed by atoms with E-state index in [1.807, 2.05) is 26.0 Å². The smallest absolute Gasteiger partial charge is 0.230 e. The fraction of sp³-hybridized carbons (Fsp3) is 0.696. The Morgan fingerprint density at radius 2 is 1.97 bits per heavy atom. The number of aliphatic hydroxyl groups is 1. The molecule has 1 spiro atoms. The second-order valence-electron chi connectivity index (χ2n) is 9.57. The highest BCUT2D eigenvalue weighted by atomic mass is 16.3. The Bertz CT molecular complexity index is 773. The number of carbonyl (C=O) groups is 2. The molecule has 0 bridgehead atoms. The van der Waals surface area contributed by atoms with Crippen molar-refractivity contribution in [2.24, 2.45) is 11.3 Å². The van der Waals surface area contributed by atoms with Crippen LogP contribution in [0.1, 0.15) is 58.8 Å². The van der Waals surface area contributed by atoms with Gasteiger partial charge in [-0.3, -0.25) is 9.59 Å². The highest BCUT2D eigenvalue weighted by Crippen LogP contribution is 2.43. The maximum absolute atomic E-state index is 13.4. The molecule has 3 fully saturated rings. The van der Waals surface area contributed by atoms with Crippen LogP contribution in [-0.2, 0) is 9.59 Å². The number of anilines is 2. The lowest BCUT2D eigenvalue weighted by atomic mass is 9.78. The minimum Gasteiger partial charge on any atom is -0.393 e. The first-order valence-corrected chi connectivity index (χ1v) is 11.4. The molecule has 3 aliphatic rings. The molecule has 7 heteroatoms. The molecule has 1 aliphatic carbocycles. The van der Waals surface area contributed by atoms with E-state index in [4.69, 9.17) is 0 Å². The van der Waals surface area contributed by atoms with Crippen LogP contribution in [0, 0.1) is 11.3 Å². The first-order valence-electron chi connectivity index (χ1n) is 11.4. The molecule has 0 aromatic carbocycles. The van der Waals surface area contributed by atoms with Gasteiger partial charge in [0.05, 0.1) is 23.4 Å². The molecule has 1 saturated carbocycles. The Morgan fingerprint density at radius 3 is 2.63 bits per heavy atom. The zero-order valence-electron chi connectivity index (χ0n) is 18.1. The van der Waals surface area contributed by atoms with E-state index in [0.29, 0.717) is 18.1 Å². The van der Waals surface area contributed by atoms with Gasteiger partial charge in [0.25, 0.3) is 0 Å². The highest BCUT2D eigenvalue weighted by molar-refractivity contribution is 5.92. The minimum atomic E-state index is -0.305. The zero-order valence-corrected chi connectivity index (χ0v) is 18.1. The summed E-state index contributed by atoms with van der Waals surface area (Å²) >= 11 is 0. The van der Waals surface area contributed by atoms with Gasteiger partial charge in [0.2, 0.25) is 11.8 Å². The number of nitrogens with zero attached hydrogens (tertiary/aromatic N) is 3. The second-order valence-corrected chi connectivity index (χ2v) is 9.57. The van der Waals surface area contributed by atoms with E-state index in [-0.39, 0.29) is 29.4 Å². The molecular formula is C23H34N4O3. The molecule has 1 unspecified atom stereocenters. The normalized spacial score (nSPS) is 29.7. The SMILES string of the molecule is CC(C)C(=O)Nc1ccc(N2CCCC3(CCN(C4CCC(O)CC4)C3=O)C2)nc1. The number of pyridine rings is 1. The maximum atomic E-state index is 13.4. The summed E-state index contributed by atoms with van der Waals surface area (Å²) in [5.74, 6) is 1.07. The van der Waals surface area contributed by atoms with Crippen LogP contribution in [0.5, 0.6) is 0 Å². The number of amides is 2. The predicted octanol–water partition coefficient (Wildman–Crippen LogP) is 2.80. The van der Waals surface area contributed by atoms with Gasteiger partial charge in [-0.05, 0) is 57.1 Å². The summed E-state index contributed by atoms with van der Waals surface area (Å²) in [5.41, 5.74) is 0.396. The monoisotopic (exact) mass is 414 g/mol. The van der Waals surface area contributed by atoms with Gasteiger partial charge in [-0.1, -0.05) is 13.8 Å². The third kappa shape index (κ3) is 4.17. The molecule has 2 N–H and O–H groups in total. The highest BCUT2D eigenvalue weighted by Gasteiger charge is 2.50. The molecule has 1 atom stereocenters. The van der Waals surface area contributed by atoms with E-state index >= 15 is 0 Å². The molecule has 2 aliphatic heterocycles. The summed E-state index contributed by atoms with van der Waals surface area (Å²) in [6.45, 7) is 6.17. The molecule has 3 heterocycles. The third-order valence-corrected chi connectivity index (χ3v) is 7.09. The van der Waals surface area contributed by atoms with Crippen LogP contribution in [-0.4, -0.2) is 58.6 Å². The quantitative estimate of drug-likeness (QED) is 0.791. The summed E-state index contributed by atoms with van der Waals surface area (Å²) in [5, 5.41) is 12.7. The van der Waals surface area contributed by atoms with Gasteiger partial charge in [-0.2, -0.15) is 0 Å². The average molecular weight is 415 g/mol. The van der Waals surface area contributed by atoms with Gasteiger partial charge in [0.15, 0.2) is 0 Å². The second kappa shape index (κ2) is 8.53. The van der Waals surface area contributed by atoms with Crippen LogP contribution in [0.2, 0.25) is 0 Å². The summed E-state index contributed by atoms with van der Waals surface area (Å²) in [6, 6.07) is 4.12. The number of hydrogen-bond acceptors (Lipinski definition) is 5. The number of aromatic nitrogens is 1. The molecule has 2 saturated heterocycles. The summed E-state index contributed by atoms with van der Waals surface area (Å²) in [6.07, 6.45) is 7.77. The number of nitrogens with one attached hydrogen (secondary N) is 1. The Morgan fingerprint density at radius 1 is 1.20 bits per heavy atom. The van der Waals surface area contributed by atoms with Crippen molar-refractivity contribution in [1.82, 2.24) is 9.88 Å². The average Bonchev–Trinajstić information content (AvgIpc) is 3.04. The van der Waals surface area contributed by atoms with E-state index in [2.05, 4.69) is 20.1 Å². The summed E-state index contributed by atoms with van der Waals surface area (Å²) < 4.78 is 0. The number of aliphatic hydroxyl groups excluding tert-OH is 1. The molecule has 0 radical (unpaired) electrons. The van der Waals surface area contributed by atoms with Crippen LogP contribution >= 0.6 is 0 Å². The topological polar surface area (TPSA) is 85.8 Å². The molecule has 30 heavy (non-hydrogen) atoms. The Hall–Kier alpha value is -2.15. The lowest BCUT2D eigenvalue weighted by Gasteiger charge is -2.41. The van der Waals surface area contributed by atoms with E-state index in [0.717, 1.165) is 63.9 Å². The molecule has 164 valence electrons. The molecule has 4 rings (SSSR count). The van der Waals surface area contributed by atoms with Gasteiger partial charge in [0, 0.05) is 31.6 Å². The van der Waals surface area contributed by atoms with Crippen molar-refractivity contribution < 1.29 is 14.7 Å². The van der Waals surface area contributed by atoms with E-state index < -0.39 is 0 Å². The largest absolute Gasteiger partial charge is 0.393 e. The fourth-order valence-electron chi connectivity index (χ4n) is 5.21. The Kier molecular flexibility index (Phi) is 6.00. The van der Waals surface area contributed by atoms with E-state index in [9.17, 15) is 14.7 Å². The van der Waals surface area contributed by atoms with Crippen molar-refractivity contribution in [3.63, 3.8) is 0 Å². The van der Waals surface area contributed by atoms with Crippen molar-refractivity contribution in [3.8, 4) is 0 Å². The van der Waals surface area contributed by atoms with E-state index in [1.54, 1.807) is 6.20 Å².